The van der Waals surface area contributed by atoms with Crippen LogP contribution in [-0.4, -0.2) is 18.2 Å². The lowest BCUT2D eigenvalue weighted by atomic mass is 9.99. The summed E-state index contributed by atoms with van der Waals surface area (Å²) in [6, 6.07) is 0.0304. The number of rotatable bonds is 11. The summed E-state index contributed by atoms with van der Waals surface area (Å²) in [6.45, 7) is 6.38. The molecule has 0 saturated heterocycles. The Morgan fingerprint density at radius 2 is 1.89 bits per heavy atom. The van der Waals surface area contributed by atoms with Gasteiger partial charge in [0.05, 0.1) is 0 Å². The minimum atomic E-state index is 0.0304. The molecule has 1 amide bonds. The van der Waals surface area contributed by atoms with Crippen molar-refractivity contribution >= 4 is 12.2 Å². The highest BCUT2D eigenvalue weighted by molar-refractivity contribution is 5.76. The molecule has 3 heteroatoms. The topological polar surface area (TPSA) is 46.2 Å². The summed E-state index contributed by atoms with van der Waals surface area (Å²) in [5, 5.41) is 2.97. The normalized spacial score (nSPS) is 13.9. The van der Waals surface area contributed by atoms with E-state index in [4.69, 9.17) is 0 Å². The van der Waals surface area contributed by atoms with E-state index in [1.807, 2.05) is 0 Å². The number of nitrogens with one attached hydrogen (secondary N) is 1. The lowest BCUT2D eigenvalue weighted by molar-refractivity contribution is -0.122. The van der Waals surface area contributed by atoms with Crippen molar-refractivity contribution < 1.29 is 9.59 Å². The third kappa shape index (κ3) is 9.20. The van der Waals surface area contributed by atoms with Gasteiger partial charge in [0.2, 0.25) is 5.91 Å². The first-order valence-electron chi connectivity index (χ1n) is 7.36. The highest BCUT2D eigenvalue weighted by atomic mass is 16.1. The van der Waals surface area contributed by atoms with E-state index in [0.29, 0.717) is 18.8 Å². The van der Waals surface area contributed by atoms with Crippen molar-refractivity contribution in [2.24, 2.45) is 5.92 Å². The van der Waals surface area contributed by atoms with E-state index in [0.717, 1.165) is 25.5 Å². The molecule has 0 radical (unpaired) electrons. The van der Waals surface area contributed by atoms with Crippen LogP contribution in [0.15, 0.2) is 0 Å². The molecule has 3 nitrogen and oxygen atoms in total. The molecule has 0 aliphatic heterocycles. The second-order valence-corrected chi connectivity index (χ2v) is 5.26. The third-order valence-electron chi connectivity index (χ3n) is 3.22. The van der Waals surface area contributed by atoms with Crippen LogP contribution in [0, 0.1) is 5.92 Å². The number of carbonyl (C=O) groups excluding carboxylic acids is 2. The Morgan fingerprint density at radius 3 is 2.44 bits per heavy atom. The lowest BCUT2D eigenvalue weighted by Crippen LogP contribution is -2.35. The Labute approximate surface area is 112 Å². The number of amides is 1. The zero-order valence-electron chi connectivity index (χ0n) is 12.2. The van der Waals surface area contributed by atoms with Crippen LogP contribution in [0.5, 0.6) is 0 Å². The van der Waals surface area contributed by atoms with Crippen molar-refractivity contribution in [3.63, 3.8) is 0 Å². The minimum absolute atomic E-state index is 0.0304. The predicted molar refractivity (Wildman–Crippen MR) is 75.4 cm³/mol. The largest absolute Gasteiger partial charge is 0.353 e. The number of carbonyl (C=O) groups is 2. The monoisotopic (exact) mass is 255 g/mol. The number of aldehydes is 1. The van der Waals surface area contributed by atoms with E-state index in [2.05, 4.69) is 26.1 Å². The molecule has 1 N–H and O–H groups in total. The molecular formula is C15H29NO2. The van der Waals surface area contributed by atoms with Crippen LogP contribution in [0.4, 0.5) is 0 Å². The number of hydrogen-bond donors (Lipinski definition) is 1. The summed E-state index contributed by atoms with van der Waals surface area (Å²) in [4.78, 5) is 22.3. The van der Waals surface area contributed by atoms with E-state index in [9.17, 15) is 9.59 Å². The van der Waals surface area contributed by atoms with Crippen LogP contribution in [0.25, 0.3) is 0 Å². The first-order valence-corrected chi connectivity index (χ1v) is 7.36. The molecule has 0 aromatic heterocycles. The number of hydrogen-bond acceptors (Lipinski definition) is 2. The van der Waals surface area contributed by atoms with Gasteiger partial charge in [-0.15, -0.1) is 0 Å². The maximum atomic E-state index is 11.8. The smallest absolute Gasteiger partial charge is 0.220 e. The van der Waals surface area contributed by atoms with Crippen LogP contribution in [0.1, 0.15) is 72.1 Å². The van der Waals surface area contributed by atoms with Gasteiger partial charge in [-0.3, -0.25) is 4.79 Å². The van der Waals surface area contributed by atoms with Crippen LogP contribution in [-0.2, 0) is 9.59 Å². The van der Waals surface area contributed by atoms with Gasteiger partial charge in [-0.2, -0.15) is 0 Å². The van der Waals surface area contributed by atoms with Crippen molar-refractivity contribution in [1.29, 1.82) is 0 Å². The Bertz CT molecular complexity index is 229. The van der Waals surface area contributed by atoms with Gasteiger partial charge >= 0.3 is 0 Å². The quantitative estimate of drug-likeness (QED) is 0.454. The highest BCUT2D eigenvalue weighted by Crippen LogP contribution is 2.13. The van der Waals surface area contributed by atoms with Gasteiger partial charge in [0, 0.05) is 18.9 Å². The molecule has 0 aliphatic carbocycles. The van der Waals surface area contributed by atoms with Gasteiger partial charge in [-0.05, 0) is 12.3 Å². The first kappa shape index (κ1) is 17.1. The minimum Gasteiger partial charge on any atom is -0.353 e. The van der Waals surface area contributed by atoms with Crippen molar-refractivity contribution in [2.75, 3.05) is 0 Å². The summed E-state index contributed by atoms with van der Waals surface area (Å²) < 4.78 is 0. The second-order valence-electron chi connectivity index (χ2n) is 5.26. The maximum absolute atomic E-state index is 11.8. The standard InChI is InChI=1S/C15H29NO2/c1-4-6-7-9-13(3)12-15(18)16-14(8-5-2)10-11-17/h11,13-14H,4-10,12H2,1-3H3,(H,16,18). The van der Waals surface area contributed by atoms with Gasteiger partial charge in [0.15, 0.2) is 0 Å². The Balaban J connectivity index is 3.87. The summed E-state index contributed by atoms with van der Waals surface area (Å²) in [5.74, 6) is 0.536. The van der Waals surface area contributed by atoms with Crippen LogP contribution < -0.4 is 5.32 Å². The molecule has 2 atom stereocenters. The van der Waals surface area contributed by atoms with E-state index in [-0.39, 0.29) is 11.9 Å². The fourth-order valence-corrected chi connectivity index (χ4v) is 2.16. The van der Waals surface area contributed by atoms with E-state index >= 15 is 0 Å². The van der Waals surface area contributed by atoms with Gasteiger partial charge in [0.1, 0.15) is 6.29 Å². The van der Waals surface area contributed by atoms with Gasteiger partial charge in [-0.1, -0.05) is 52.9 Å². The van der Waals surface area contributed by atoms with E-state index in [1.165, 1.54) is 19.3 Å². The van der Waals surface area contributed by atoms with Crippen molar-refractivity contribution in [3.05, 3.63) is 0 Å². The predicted octanol–water partition coefficient (Wildman–Crippen LogP) is 3.47. The summed E-state index contributed by atoms with van der Waals surface area (Å²) in [5.41, 5.74) is 0. The molecule has 0 spiro atoms. The zero-order chi connectivity index (χ0) is 13.8. The van der Waals surface area contributed by atoms with Crippen LogP contribution in [0.3, 0.4) is 0 Å². The third-order valence-corrected chi connectivity index (χ3v) is 3.22. The van der Waals surface area contributed by atoms with Crippen LogP contribution >= 0.6 is 0 Å². The van der Waals surface area contributed by atoms with Crippen molar-refractivity contribution in [3.8, 4) is 0 Å². The molecule has 106 valence electrons. The molecular weight excluding hydrogens is 226 g/mol. The molecule has 18 heavy (non-hydrogen) atoms. The molecule has 0 aliphatic rings. The molecule has 0 heterocycles. The summed E-state index contributed by atoms with van der Waals surface area (Å²) >= 11 is 0. The van der Waals surface area contributed by atoms with E-state index < -0.39 is 0 Å². The molecule has 2 unspecified atom stereocenters. The highest BCUT2D eigenvalue weighted by Gasteiger charge is 2.13. The van der Waals surface area contributed by atoms with Crippen molar-refractivity contribution in [1.82, 2.24) is 5.32 Å². The molecule has 0 saturated carbocycles. The summed E-state index contributed by atoms with van der Waals surface area (Å²) in [7, 11) is 0. The molecule has 0 bridgehead atoms. The second kappa shape index (κ2) is 11.2. The van der Waals surface area contributed by atoms with Crippen LogP contribution in [0.2, 0.25) is 0 Å². The summed E-state index contributed by atoms with van der Waals surface area (Å²) in [6.07, 6.45) is 8.58. The lowest BCUT2D eigenvalue weighted by Gasteiger charge is -2.17. The molecule has 0 rings (SSSR count). The fourth-order valence-electron chi connectivity index (χ4n) is 2.16. The van der Waals surface area contributed by atoms with Crippen molar-refractivity contribution in [2.45, 2.75) is 78.2 Å². The first-order chi connectivity index (χ1) is 8.63. The fraction of sp³-hybridized carbons (Fsp3) is 0.867. The van der Waals surface area contributed by atoms with Gasteiger partial charge in [0.25, 0.3) is 0 Å². The average molecular weight is 255 g/mol. The molecule has 0 fully saturated rings. The average Bonchev–Trinajstić information content (AvgIpc) is 2.29. The maximum Gasteiger partial charge on any atom is 0.220 e. The Morgan fingerprint density at radius 1 is 1.17 bits per heavy atom. The molecule has 0 aromatic carbocycles. The SMILES string of the molecule is CCCCCC(C)CC(=O)NC(CC=O)CCC. The zero-order valence-corrected chi connectivity index (χ0v) is 12.2. The van der Waals surface area contributed by atoms with Gasteiger partial charge in [-0.25, -0.2) is 0 Å². The van der Waals surface area contributed by atoms with E-state index in [1.54, 1.807) is 0 Å². The molecule has 0 aromatic rings. The number of unbranched alkanes of at least 4 members (excludes halogenated alkanes) is 2. The van der Waals surface area contributed by atoms with Gasteiger partial charge < -0.3 is 10.1 Å². The Kier molecular flexibility index (Phi) is 10.7. The Hall–Kier alpha value is -0.860.